The topological polar surface area (TPSA) is 113 Å². The number of esters is 1. The normalized spacial score (nSPS) is 11.6. The molecule has 0 bridgehead atoms. The quantitative estimate of drug-likeness (QED) is 0.339. The first-order chi connectivity index (χ1) is 6.45. The lowest BCUT2D eigenvalue weighted by molar-refractivity contribution is -0.142. The van der Waals surface area contributed by atoms with Gasteiger partial charge in [0.15, 0.2) is 0 Å². The van der Waals surface area contributed by atoms with Crippen LogP contribution >= 0.6 is 11.8 Å². The highest BCUT2D eigenvalue weighted by molar-refractivity contribution is 7.98. The summed E-state index contributed by atoms with van der Waals surface area (Å²) in [5.41, 5.74) is 5.43. The second-order valence-electron chi connectivity index (χ2n) is 2.21. The van der Waals surface area contributed by atoms with Crippen molar-refractivity contribution in [3.05, 3.63) is 0 Å². The van der Waals surface area contributed by atoms with E-state index in [4.69, 9.17) is 20.1 Å². The fraction of sp³-hybridized carbons (Fsp3) is 0.833. The van der Waals surface area contributed by atoms with Crippen molar-refractivity contribution in [2.24, 2.45) is 5.73 Å². The van der Waals surface area contributed by atoms with Gasteiger partial charge in [-0.15, -0.1) is 0 Å². The summed E-state index contributed by atoms with van der Waals surface area (Å²) in [6, 6.07) is -0.447. The zero-order chi connectivity index (χ0) is 11.6. The molecule has 0 aromatic carbocycles. The van der Waals surface area contributed by atoms with Crippen LogP contribution in [0, 0.1) is 0 Å². The van der Waals surface area contributed by atoms with Crippen LogP contribution in [0.15, 0.2) is 0 Å². The number of carbonyl (C=O) groups is 1. The Labute approximate surface area is 89.0 Å². The lowest BCUT2D eigenvalue weighted by Gasteiger charge is -2.06. The molecule has 0 spiro atoms. The van der Waals surface area contributed by atoms with E-state index in [2.05, 4.69) is 4.74 Å². The van der Waals surface area contributed by atoms with Crippen LogP contribution in [0.4, 0.5) is 0 Å². The van der Waals surface area contributed by atoms with Crippen LogP contribution in [0.1, 0.15) is 6.42 Å². The number of hydrogen-bond acceptors (Lipinski definition) is 7. The molecular formula is C6H16NO5SSi. The fourth-order valence-electron chi connectivity index (χ4n) is 0.514. The van der Waals surface area contributed by atoms with Gasteiger partial charge in [-0.1, -0.05) is 0 Å². The molecule has 1 unspecified atom stereocenters. The van der Waals surface area contributed by atoms with Gasteiger partial charge in [-0.3, -0.25) is 4.79 Å². The van der Waals surface area contributed by atoms with Gasteiger partial charge in [0.25, 0.3) is 0 Å². The highest BCUT2D eigenvalue weighted by atomic mass is 32.2. The second-order valence-corrected chi connectivity index (χ2v) is 3.80. The Morgan fingerprint density at radius 3 is 2.29 bits per heavy atom. The Morgan fingerprint density at radius 1 is 1.57 bits per heavy atom. The van der Waals surface area contributed by atoms with E-state index in [0.717, 1.165) is 5.75 Å². The van der Waals surface area contributed by atoms with Gasteiger partial charge in [0.05, 0.1) is 7.11 Å². The van der Waals surface area contributed by atoms with Crippen molar-refractivity contribution < 1.29 is 23.9 Å². The van der Waals surface area contributed by atoms with E-state index in [0.29, 0.717) is 6.42 Å². The molecule has 14 heavy (non-hydrogen) atoms. The molecule has 0 amide bonds. The van der Waals surface area contributed by atoms with Crippen molar-refractivity contribution in [1.82, 2.24) is 0 Å². The minimum atomic E-state index is -2.88. The van der Waals surface area contributed by atoms with Gasteiger partial charge in [-0.2, -0.15) is 11.8 Å². The molecule has 0 saturated heterocycles. The molecule has 1 radical (unpaired) electrons. The standard InChI is InChI=1S/C6H13NO2S.H3O3Si/c1-9-6(8)5(7)3-4-10-2;1-4(2)3/h5H,3-4,7H2,1-2H3;1-3H. The van der Waals surface area contributed by atoms with Crippen molar-refractivity contribution in [3.8, 4) is 0 Å². The fourth-order valence-corrected chi connectivity index (χ4v) is 1.00. The van der Waals surface area contributed by atoms with Crippen molar-refractivity contribution in [2.75, 3.05) is 19.1 Å². The van der Waals surface area contributed by atoms with Crippen LogP contribution in [0.25, 0.3) is 0 Å². The SMILES string of the molecule is COC(=O)C(N)CCSC.O[Si](O)O. The summed E-state index contributed by atoms with van der Waals surface area (Å²) in [6.07, 6.45) is 2.66. The number of carbonyl (C=O) groups excluding carboxylic acids is 1. The van der Waals surface area contributed by atoms with Crippen LogP contribution in [-0.4, -0.2) is 55.0 Å². The number of thioether (sulfide) groups is 1. The highest BCUT2D eigenvalue weighted by Crippen LogP contribution is 1.99. The van der Waals surface area contributed by atoms with E-state index in [9.17, 15) is 4.79 Å². The van der Waals surface area contributed by atoms with Gasteiger partial charge < -0.3 is 24.9 Å². The molecule has 0 heterocycles. The zero-order valence-corrected chi connectivity index (χ0v) is 9.95. The summed E-state index contributed by atoms with van der Waals surface area (Å²) in [6.45, 7) is 0. The second kappa shape index (κ2) is 11.0. The predicted octanol–water partition coefficient (Wildman–Crippen LogP) is -1.81. The Bertz CT molecular complexity index is 145. The Balaban J connectivity index is 0. The van der Waals surface area contributed by atoms with Gasteiger partial charge >= 0.3 is 15.5 Å². The molecule has 1 atom stereocenters. The summed E-state index contributed by atoms with van der Waals surface area (Å²) >= 11 is 1.67. The summed E-state index contributed by atoms with van der Waals surface area (Å²) in [5, 5.41) is 0. The predicted molar refractivity (Wildman–Crippen MR) is 55.4 cm³/mol. The van der Waals surface area contributed by atoms with Crippen molar-refractivity contribution in [3.63, 3.8) is 0 Å². The van der Waals surface area contributed by atoms with Crippen LogP contribution in [0.3, 0.4) is 0 Å². The van der Waals surface area contributed by atoms with E-state index in [1.54, 1.807) is 11.8 Å². The van der Waals surface area contributed by atoms with E-state index < -0.39 is 15.6 Å². The number of methoxy groups -OCH3 is 1. The monoisotopic (exact) mass is 242 g/mol. The number of rotatable bonds is 4. The minimum Gasteiger partial charge on any atom is -0.468 e. The molecule has 0 fully saturated rings. The molecule has 0 rings (SSSR count). The Kier molecular flexibility index (Phi) is 12.8. The van der Waals surface area contributed by atoms with Gasteiger partial charge in [0.2, 0.25) is 0 Å². The van der Waals surface area contributed by atoms with E-state index in [1.165, 1.54) is 7.11 Å². The summed E-state index contributed by atoms with van der Waals surface area (Å²) in [5.74, 6) is 0.574. The third-order valence-electron chi connectivity index (χ3n) is 1.14. The smallest absolute Gasteiger partial charge is 0.468 e. The van der Waals surface area contributed by atoms with E-state index in [1.807, 2.05) is 6.26 Å². The Morgan fingerprint density at radius 2 is 2.00 bits per heavy atom. The molecular weight excluding hydrogens is 226 g/mol. The molecule has 6 nitrogen and oxygen atoms in total. The molecule has 85 valence electrons. The molecule has 8 heteroatoms. The zero-order valence-electron chi connectivity index (χ0n) is 8.14. The first kappa shape index (κ1) is 16.3. The molecule has 5 N–H and O–H groups in total. The summed E-state index contributed by atoms with van der Waals surface area (Å²) in [4.78, 5) is 32.5. The third kappa shape index (κ3) is 14.4. The van der Waals surface area contributed by atoms with Crippen LogP contribution in [0.5, 0.6) is 0 Å². The number of nitrogens with two attached hydrogens (primary N) is 1. The van der Waals surface area contributed by atoms with Crippen LogP contribution in [0.2, 0.25) is 0 Å². The molecule has 0 aliphatic rings. The summed E-state index contributed by atoms with van der Waals surface area (Å²) in [7, 11) is -1.53. The van der Waals surface area contributed by atoms with Crippen molar-refractivity contribution >= 4 is 27.3 Å². The lowest BCUT2D eigenvalue weighted by Crippen LogP contribution is -2.31. The highest BCUT2D eigenvalue weighted by Gasteiger charge is 2.11. The largest absolute Gasteiger partial charge is 0.569 e. The average Bonchev–Trinajstić information content (AvgIpc) is 2.11. The average molecular weight is 242 g/mol. The van der Waals surface area contributed by atoms with Gasteiger partial charge in [-0.05, 0) is 18.4 Å². The minimum absolute atomic E-state index is 0.325. The maximum absolute atomic E-state index is 10.7. The number of ether oxygens (including phenoxy) is 1. The molecule has 0 aromatic heterocycles. The lowest BCUT2D eigenvalue weighted by atomic mass is 10.2. The third-order valence-corrected chi connectivity index (χ3v) is 1.78. The number of hydrogen-bond donors (Lipinski definition) is 4. The van der Waals surface area contributed by atoms with Crippen LogP contribution in [-0.2, 0) is 9.53 Å². The van der Waals surface area contributed by atoms with Gasteiger partial charge in [-0.25, -0.2) is 0 Å². The summed E-state index contributed by atoms with van der Waals surface area (Å²) < 4.78 is 4.44. The van der Waals surface area contributed by atoms with E-state index in [-0.39, 0.29) is 5.97 Å². The molecule has 0 aliphatic heterocycles. The molecule has 0 aliphatic carbocycles. The van der Waals surface area contributed by atoms with Crippen molar-refractivity contribution in [1.29, 1.82) is 0 Å². The molecule has 0 saturated carbocycles. The first-order valence-electron chi connectivity index (χ1n) is 3.71. The van der Waals surface area contributed by atoms with Gasteiger partial charge in [0, 0.05) is 0 Å². The maximum atomic E-state index is 10.7. The molecule has 0 aromatic rings. The van der Waals surface area contributed by atoms with Crippen molar-refractivity contribution in [2.45, 2.75) is 12.5 Å². The Hall–Kier alpha value is -0.123. The first-order valence-corrected chi connectivity index (χ1v) is 6.45. The van der Waals surface area contributed by atoms with E-state index >= 15 is 0 Å². The van der Waals surface area contributed by atoms with Gasteiger partial charge in [0.1, 0.15) is 6.04 Å². The van der Waals surface area contributed by atoms with Crippen LogP contribution < -0.4 is 5.73 Å². The maximum Gasteiger partial charge on any atom is 0.569 e.